The van der Waals surface area contributed by atoms with Crippen LogP contribution in [0.1, 0.15) is 57.8 Å². The van der Waals surface area contributed by atoms with E-state index in [1.165, 1.54) is 12.8 Å². The minimum atomic E-state index is -0.500. The number of aryl methyl sites for hydroxylation is 1. The molecule has 4 N–H and O–H groups in total. The number of hydrogen-bond donors (Lipinski definition) is 3. The van der Waals surface area contributed by atoms with Gasteiger partial charge < -0.3 is 26.0 Å². The zero-order valence-corrected chi connectivity index (χ0v) is 18.0. The Kier molecular flexibility index (Phi) is 6.62. The first kappa shape index (κ1) is 21.4. The number of hydrogen-bond acceptors (Lipinski definition) is 7. The summed E-state index contributed by atoms with van der Waals surface area (Å²) in [7, 11) is 0. The van der Waals surface area contributed by atoms with Crippen LogP contribution < -0.4 is 21.3 Å². The van der Waals surface area contributed by atoms with E-state index in [0.717, 1.165) is 43.0 Å². The summed E-state index contributed by atoms with van der Waals surface area (Å²) in [5.74, 6) is 1.52. The first-order chi connectivity index (χ1) is 13.7. The lowest BCUT2D eigenvalue weighted by atomic mass is 10.0. The molecule has 0 aliphatic carbocycles. The largest absolute Gasteiger partial charge is 0.444 e. The molecule has 3 heterocycles. The van der Waals surface area contributed by atoms with Crippen molar-refractivity contribution in [3.8, 4) is 0 Å². The maximum atomic E-state index is 12.0. The average molecular weight is 403 g/mol. The number of alkyl carbamates (subject to hydrolysis) is 1. The van der Waals surface area contributed by atoms with Gasteiger partial charge in [0.05, 0.1) is 6.04 Å². The number of amides is 1. The lowest BCUT2D eigenvalue weighted by Gasteiger charge is -2.24. The number of carbonyl (C=O) groups excluding carboxylic acids is 1. The van der Waals surface area contributed by atoms with Crippen molar-refractivity contribution in [2.24, 2.45) is 5.73 Å². The quantitative estimate of drug-likeness (QED) is 0.710. The molecule has 0 spiro atoms. The van der Waals surface area contributed by atoms with Gasteiger partial charge in [-0.05, 0) is 53.5 Å². The van der Waals surface area contributed by atoms with Crippen LogP contribution >= 0.6 is 0 Å². The topological polar surface area (TPSA) is 105 Å². The van der Waals surface area contributed by atoms with Crippen molar-refractivity contribution >= 4 is 18.0 Å². The number of nitrogens with zero attached hydrogens (tertiary/aromatic N) is 3. The summed E-state index contributed by atoms with van der Waals surface area (Å²) >= 11 is 0. The monoisotopic (exact) mass is 402 g/mol. The van der Waals surface area contributed by atoms with E-state index in [1.807, 2.05) is 40.0 Å². The van der Waals surface area contributed by atoms with E-state index in [-0.39, 0.29) is 18.2 Å². The van der Waals surface area contributed by atoms with Crippen molar-refractivity contribution in [2.45, 2.75) is 71.1 Å². The summed E-state index contributed by atoms with van der Waals surface area (Å²) in [4.78, 5) is 23.4. The summed E-state index contributed by atoms with van der Waals surface area (Å²) in [6.45, 7) is 10.1. The Morgan fingerprint density at radius 2 is 2.17 bits per heavy atom. The fourth-order valence-corrected chi connectivity index (χ4v) is 3.77. The second kappa shape index (κ2) is 8.98. The number of carbonyl (C=O) groups is 1. The summed E-state index contributed by atoms with van der Waals surface area (Å²) in [6.07, 6.45) is 7.62. The fourth-order valence-electron chi connectivity index (χ4n) is 3.77. The van der Waals surface area contributed by atoms with Crippen LogP contribution in [0.2, 0.25) is 0 Å². The summed E-state index contributed by atoms with van der Waals surface area (Å²) in [6, 6.07) is 0.237. The second-order valence-electron chi connectivity index (χ2n) is 8.96. The molecule has 2 fully saturated rings. The molecule has 1 aromatic rings. The number of rotatable bonds is 4. The van der Waals surface area contributed by atoms with E-state index in [0.29, 0.717) is 12.4 Å². The molecular formula is C21H34N6O2. The van der Waals surface area contributed by atoms with Crippen molar-refractivity contribution in [2.75, 3.05) is 24.5 Å². The molecule has 2 aliphatic heterocycles. The third-order valence-electron chi connectivity index (χ3n) is 5.18. The predicted octanol–water partition coefficient (Wildman–Crippen LogP) is 2.33. The predicted molar refractivity (Wildman–Crippen MR) is 115 cm³/mol. The van der Waals surface area contributed by atoms with Crippen LogP contribution in [0, 0.1) is 6.92 Å². The first-order valence-corrected chi connectivity index (χ1v) is 10.5. The molecular weight excluding hydrogens is 368 g/mol. The third-order valence-corrected chi connectivity index (χ3v) is 5.18. The number of nitrogens with two attached hydrogens (primary N) is 1. The van der Waals surface area contributed by atoms with Crippen LogP contribution in [0.4, 0.5) is 10.6 Å². The molecule has 1 amide bonds. The Bertz CT molecular complexity index is 752. The molecule has 0 bridgehead atoms. The minimum absolute atomic E-state index is 0.0368. The molecule has 2 saturated heterocycles. The zero-order valence-electron chi connectivity index (χ0n) is 18.0. The SMILES string of the molecule is Cc1cnc(C=C(N)[C@@H]2CCCCN2)nc1N1CC[C@H](NC(=O)OC(C)(C)C)C1. The fraction of sp³-hybridized carbons (Fsp3) is 0.667. The third kappa shape index (κ3) is 6.06. The normalized spacial score (nSPS) is 23.2. The van der Waals surface area contributed by atoms with Gasteiger partial charge in [0.1, 0.15) is 11.4 Å². The van der Waals surface area contributed by atoms with Gasteiger partial charge in [-0.3, -0.25) is 0 Å². The highest BCUT2D eigenvalue weighted by atomic mass is 16.6. The molecule has 2 atom stereocenters. The Morgan fingerprint density at radius 1 is 1.38 bits per heavy atom. The van der Waals surface area contributed by atoms with Crippen molar-refractivity contribution in [3.63, 3.8) is 0 Å². The molecule has 8 heteroatoms. The highest BCUT2D eigenvalue weighted by Crippen LogP contribution is 2.23. The van der Waals surface area contributed by atoms with Crippen LogP contribution in [0.3, 0.4) is 0 Å². The molecule has 0 aromatic carbocycles. The molecule has 0 unspecified atom stereocenters. The Balaban J connectivity index is 1.65. The van der Waals surface area contributed by atoms with Crippen molar-refractivity contribution < 1.29 is 9.53 Å². The molecule has 1 aromatic heterocycles. The number of aromatic nitrogens is 2. The van der Waals surface area contributed by atoms with Crippen LogP contribution in [0.5, 0.6) is 0 Å². The highest BCUT2D eigenvalue weighted by molar-refractivity contribution is 5.68. The molecule has 0 saturated carbocycles. The van der Waals surface area contributed by atoms with E-state index in [1.54, 1.807) is 0 Å². The molecule has 160 valence electrons. The number of anilines is 1. The summed E-state index contributed by atoms with van der Waals surface area (Å²) in [5, 5.41) is 6.41. The standard InChI is InChI=1S/C21H34N6O2/c1-14-12-24-18(11-16(22)17-7-5-6-9-23-17)26-19(14)27-10-8-15(13-27)25-20(28)29-21(2,3)4/h11-12,15,17,23H,5-10,13,22H2,1-4H3,(H,25,28)/t15-,17-/m0/s1. The smallest absolute Gasteiger partial charge is 0.407 e. The first-order valence-electron chi connectivity index (χ1n) is 10.5. The average Bonchev–Trinajstić information content (AvgIpc) is 3.10. The number of ether oxygens (including phenoxy) is 1. The van der Waals surface area contributed by atoms with E-state index in [4.69, 9.17) is 15.5 Å². The lowest BCUT2D eigenvalue weighted by molar-refractivity contribution is 0.0509. The van der Waals surface area contributed by atoms with Crippen LogP contribution in [0.15, 0.2) is 11.9 Å². The number of nitrogens with one attached hydrogen (secondary N) is 2. The van der Waals surface area contributed by atoms with Gasteiger partial charge in [0.2, 0.25) is 0 Å². The van der Waals surface area contributed by atoms with Crippen LogP contribution in [0.25, 0.3) is 6.08 Å². The maximum Gasteiger partial charge on any atom is 0.407 e. The van der Waals surface area contributed by atoms with Crippen molar-refractivity contribution in [3.05, 3.63) is 23.3 Å². The highest BCUT2D eigenvalue weighted by Gasteiger charge is 2.28. The summed E-state index contributed by atoms with van der Waals surface area (Å²) < 4.78 is 5.36. The van der Waals surface area contributed by atoms with Gasteiger partial charge in [-0.2, -0.15) is 0 Å². The van der Waals surface area contributed by atoms with E-state index < -0.39 is 5.60 Å². The second-order valence-corrected chi connectivity index (χ2v) is 8.96. The van der Waals surface area contributed by atoms with E-state index in [9.17, 15) is 4.79 Å². The minimum Gasteiger partial charge on any atom is -0.444 e. The van der Waals surface area contributed by atoms with Gasteiger partial charge in [0.25, 0.3) is 0 Å². The molecule has 2 aliphatic rings. The van der Waals surface area contributed by atoms with Crippen LogP contribution in [-0.4, -0.2) is 53.4 Å². The number of piperidine rings is 1. The molecule has 3 rings (SSSR count). The van der Waals surface area contributed by atoms with Gasteiger partial charge >= 0.3 is 6.09 Å². The van der Waals surface area contributed by atoms with Gasteiger partial charge in [0, 0.05) is 42.7 Å². The maximum absolute atomic E-state index is 12.0. The van der Waals surface area contributed by atoms with Crippen molar-refractivity contribution in [1.82, 2.24) is 20.6 Å². The summed E-state index contributed by atoms with van der Waals surface area (Å²) in [5.41, 5.74) is 7.58. The van der Waals surface area contributed by atoms with Gasteiger partial charge in [-0.1, -0.05) is 6.42 Å². The van der Waals surface area contributed by atoms with Gasteiger partial charge in [-0.25, -0.2) is 14.8 Å². The van der Waals surface area contributed by atoms with Crippen molar-refractivity contribution in [1.29, 1.82) is 0 Å². The van der Waals surface area contributed by atoms with E-state index >= 15 is 0 Å². The molecule has 0 radical (unpaired) electrons. The Labute approximate surface area is 173 Å². The molecule has 8 nitrogen and oxygen atoms in total. The van der Waals surface area contributed by atoms with Gasteiger partial charge in [-0.15, -0.1) is 0 Å². The zero-order chi connectivity index (χ0) is 21.0. The van der Waals surface area contributed by atoms with Gasteiger partial charge in [0.15, 0.2) is 5.82 Å². The van der Waals surface area contributed by atoms with E-state index in [2.05, 4.69) is 20.5 Å². The Morgan fingerprint density at radius 3 is 2.86 bits per heavy atom. The molecule has 29 heavy (non-hydrogen) atoms. The Hall–Kier alpha value is -2.35. The van der Waals surface area contributed by atoms with Crippen LogP contribution in [-0.2, 0) is 4.74 Å². The lowest BCUT2D eigenvalue weighted by Crippen LogP contribution is -2.40.